The number of fused-ring (bicyclic) bond motifs is 1. The average molecular weight is 382 g/mol. The van der Waals surface area contributed by atoms with Crippen molar-refractivity contribution >= 4 is 10.0 Å². The molecule has 0 saturated heterocycles. The molecule has 0 spiro atoms. The molecule has 6 nitrogen and oxygen atoms in total. The van der Waals surface area contributed by atoms with E-state index < -0.39 is 10.0 Å². The summed E-state index contributed by atoms with van der Waals surface area (Å²) >= 11 is 0. The molecule has 1 aliphatic rings. The van der Waals surface area contributed by atoms with Gasteiger partial charge in [-0.05, 0) is 29.7 Å². The number of rotatable bonds is 5. The molecule has 0 fully saturated rings. The van der Waals surface area contributed by atoms with Crippen LogP contribution in [0.4, 0.5) is 0 Å². The van der Waals surface area contributed by atoms with Gasteiger partial charge < -0.3 is 0 Å². The van der Waals surface area contributed by atoms with Gasteiger partial charge in [0.25, 0.3) is 0 Å². The Morgan fingerprint density at radius 1 is 1.07 bits per heavy atom. The molecule has 2 aromatic carbocycles. The fourth-order valence-electron chi connectivity index (χ4n) is 3.35. The molecule has 0 radical (unpaired) electrons. The predicted octanol–water partition coefficient (Wildman–Crippen LogP) is 2.80. The largest absolute Gasteiger partial charge is 0.248 e. The Morgan fingerprint density at radius 2 is 1.78 bits per heavy atom. The topological polar surface area (TPSA) is 76.9 Å². The van der Waals surface area contributed by atoms with Crippen LogP contribution in [0.3, 0.4) is 0 Å². The second kappa shape index (κ2) is 7.25. The number of nitrogens with zero attached hydrogens (tertiary/aromatic N) is 3. The van der Waals surface area contributed by atoms with Crippen molar-refractivity contribution in [2.45, 2.75) is 43.7 Å². The van der Waals surface area contributed by atoms with Crippen LogP contribution in [0.15, 0.2) is 59.5 Å². The molecular weight excluding hydrogens is 360 g/mol. The van der Waals surface area contributed by atoms with Crippen LogP contribution >= 0.6 is 0 Å². The van der Waals surface area contributed by atoms with E-state index in [9.17, 15) is 8.42 Å². The van der Waals surface area contributed by atoms with E-state index in [0.717, 1.165) is 42.0 Å². The minimum absolute atomic E-state index is 0.178. The lowest BCUT2D eigenvalue weighted by Gasteiger charge is -2.23. The van der Waals surface area contributed by atoms with Gasteiger partial charge in [-0.25, -0.2) is 22.8 Å². The van der Waals surface area contributed by atoms with Gasteiger partial charge in [0.2, 0.25) is 10.0 Å². The van der Waals surface area contributed by atoms with Crippen LogP contribution in [0.5, 0.6) is 0 Å². The van der Waals surface area contributed by atoms with E-state index in [1.807, 2.05) is 54.1 Å². The Bertz CT molecular complexity index is 1030. The third kappa shape index (κ3) is 3.79. The van der Waals surface area contributed by atoms with E-state index in [1.54, 1.807) is 12.1 Å². The summed E-state index contributed by atoms with van der Waals surface area (Å²) in [6.07, 6.45) is 2.24. The van der Waals surface area contributed by atoms with E-state index in [-0.39, 0.29) is 10.9 Å². The predicted molar refractivity (Wildman–Crippen MR) is 104 cm³/mol. The lowest BCUT2D eigenvalue weighted by molar-refractivity contribution is 0.394. The molecule has 2 heterocycles. The standard InChI is InChI=1S/C20H22N4O2S/c1-2-19-21-20-13-10-17(14-24(20)22-19)23-27(25,26)18-11-8-16(9-12-18)15-6-4-3-5-7-15/h3-9,11-12,17,23H,2,10,13-14H2,1H3. The van der Waals surface area contributed by atoms with Crippen LogP contribution in [0.2, 0.25) is 0 Å². The van der Waals surface area contributed by atoms with Gasteiger partial charge in [0, 0.05) is 18.9 Å². The molecule has 4 rings (SSSR count). The molecule has 0 bridgehead atoms. The first-order valence-electron chi connectivity index (χ1n) is 9.15. The van der Waals surface area contributed by atoms with E-state index in [4.69, 9.17) is 0 Å². The van der Waals surface area contributed by atoms with Gasteiger partial charge in [0.1, 0.15) is 5.82 Å². The minimum Gasteiger partial charge on any atom is -0.248 e. The van der Waals surface area contributed by atoms with Crippen molar-refractivity contribution in [3.05, 3.63) is 66.2 Å². The highest BCUT2D eigenvalue weighted by atomic mass is 32.2. The number of hydrogen-bond acceptors (Lipinski definition) is 4. The van der Waals surface area contributed by atoms with Gasteiger partial charge in [-0.2, -0.15) is 5.10 Å². The highest BCUT2D eigenvalue weighted by Crippen LogP contribution is 2.22. The smallest absolute Gasteiger partial charge is 0.240 e. The first-order valence-corrected chi connectivity index (χ1v) is 10.6. The highest BCUT2D eigenvalue weighted by molar-refractivity contribution is 7.89. The fraction of sp³-hybridized carbons (Fsp3) is 0.300. The summed E-state index contributed by atoms with van der Waals surface area (Å²) in [7, 11) is -3.57. The van der Waals surface area contributed by atoms with E-state index >= 15 is 0 Å². The van der Waals surface area contributed by atoms with Crippen molar-refractivity contribution < 1.29 is 8.42 Å². The van der Waals surface area contributed by atoms with Crippen molar-refractivity contribution in [1.29, 1.82) is 0 Å². The molecule has 0 amide bonds. The Kier molecular flexibility index (Phi) is 4.80. The van der Waals surface area contributed by atoms with Gasteiger partial charge in [0.05, 0.1) is 11.4 Å². The van der Waals surface area contributed by atoms with Crippen LogP contribution in [-0.4, -0.2) is 29.2 Å². The van der Waals surface area contributed by atoms with Gasteiger partial charge in [0.15, 0.2) is 5.82 Å². The summed E-state index contributed by atoms with van der Waals surface area (Å²) in [5, 5.41) is 4.44. The minimum atomic E-state index is -3.57. The Balaban J connectivity index is 1.49. The van der Waals surface area contributed by atoms with Crippen LogP contribution in [-0.2, 0) is 29.4 Å². The molecule has 140 valence electrons. The third-order valence-corrected chi connectivity index (χ3v) is 6.35. The third-order valence-electron chi connectivity index (χ3n) is 4.81. The maximum Gasteiger partial charge on any atom is 0.240 e. The monoisotopic (exact) mass is 382 g/mol. The molecule has 27 heavy (non-hydrogen) atoms. The molecule has 1 aliphatic heterocycles. The lowest BCUT2D eigenvalue weighted by Crippen LogP contribution is -2.41. The molecule has 1 atom stereocenters. The molecule has 7 heteroatoms. The van der Waals surface area contributed by atoms with Crippen LogP contribution in [0, 0.1) is 0 Å². The second-order valence-electron chi connectivity index (χ2n) is 6.73. The molecular formula is C20H22N4O2S. The van der Waals surface area contributed by atoms with Crippen LogP contribution < -0.4 is 4.72 Å². The number of aromatic nitrogens is 3. The van der Waals surface area contributed by atoms with Crippen molar-refractivity contribution in [3.8, 4) is 11.1 Å². The molecule has 1 aromatic heterocycles. The summed E-state index contributed by atoms with van der Waals surface area (Å²) in [5.41, 5.74) is 2.05. The van der Waals surface area contributed by atoms with Crippen molar-refractivity contribution in [3.63, 3.8) is 0 Å². The van der Waals surface area contributed by atoms with Gasteiger partial charge in [-0.15, -0.1) is 0 Å². The van der Waals surface area contributed by atoms with Crippen molar-refractivity contribution in [1.82, 2.24) is 19.5 Å². The van der Waals surface area contributed by atoms with Crippen LogP contribution in [0.25, 0.3) is 11.1 Å². The first kappa shape index (κ1) is 17.9. The molecule has 0 aliphatic carbocycles. The lowest BCUT2D eigenvalue weighted by atomic mass is 10.1. The number of aryl methyl sites for hydroxylation is 2. The molecule has 3 aromatic rings. The molecule has 1 N–H and O–H groups in total. The summed E-state index contributed by atoms with van der Waals surface area (Å²) in [6, 6.07) is 16.7. The average Bonchev–Trinajstić information content (AvgIpc) is 3.11. The summed E-state index contributed by atoms with van der Waals surface area (Å²) in [5.74, 6) is 1.75. The van der Waals surface area contributed by atoms with Gasteiger partial charge in [-0.1, -0.05) is 49.4 Å². The Morgan fingerprint density at radius 3 is 2.48 bits per heavy atom. The van der Waals surface area contributed by atoms with Crippen molar-refractivity contribution in [2.75, 3.05) is 0 Å². The fourth-order valence-corrected chi connectivity index (χ4v) is 4.61. The van der Waals surface area contributed by atoms with Gasteiger partial charge in [-0.3, -0.25) is 0 Å². The maximum absolute atomic E-state index is 12.8. The van der Waals surface area contributed by atoms with E-state index in [0.29, 0.717) is 6.54 Å². The SMILES string of the molecule is CCc1nc2n(n1)CC(NS(=O)(=O)c1ccc(-c3ccccc3)cc1)CC2. The number of nitrogens with one attached hydrogen (secondary N) is 1. The quantitative estimate of drug-likeness (QED) is 0.736. The normalized spacial score (nSPS) is 16.9. The summed E-state index contributed by atoms with van der Waals surface area (Å²) in [6.45, 7) is 2.53. The Hall–Kier alpha value is -2.51. The van der Waals surface area contributed by atoms with Crippen molar-refractivity contribution in [2.24, 2.45) is 0 Å². The Labute approximate surface area is 159 Å². The number of sulfonamides is 1. The van der Waals surface area contributed by atoms with E-state index in [2.05, 4.69) is 14.8 Å². The molecule has 1 unspecified atom stereocenters. The first-order chi connectivity index (χ1) is 13.0. The zero-order valence-electron chi connectivity index (χ0n) is 15.2. The van der Waals surface area contributed by atoms with Crippen LogP contribution in [0.1, 0.15) is 25.0 Å². The second-order valence-corrected chi connectivity index (χ2v) is 8.44. The zero-order chi connectivity index (χ0) is 18.9. The summed E-state index contributed by atoms with van der Waals surface area (Å²) in [4.78, 5) is 4.75. The van der Waals surface area contributed by atoms with E-state index in [1.165, 1.54) is 0 Å². The number of hydrogen-bond donors (Lipinski definition) is 1. The number of benzene rings is 2. The summed E-state index contributed by atoms with van der Waals surface area (Å²) < 4.78 is 30.2. The molecule has 0 saturated carbocycles. The maximum atomic E-state index is 12.8. The van der Waals surface area contributed by atoms with Gasteiger partial charge >= 0.3 is 0 Å². The zero-order valence-corrected chi connectivity index (χ0v) is 16.0. The highest BCUT2D eigenvalue weighted by Gasteiger charge is 2.26.